The molecule has 2 aliphatic carbocycles. The van der Waals surface area contributed by atoms with E-state index in [0.29, 0.717) is 37.5 Å². The standard InChI is InChI=1S/C18H22N2O3S/c21-18(15-5-6-15)19-9-11-20(12-10-19)24(22,23)17-8-7-14-3-1-2-4-16(14)13-17/h1-4,13,15H,5-12H2. The van der Waals surface area contributed by atoms with Gasteiger partial charge in [-0.1, -0.05) is 24.3 Å². The molecule has 0 N–H and O–H groups in total. The molecule has 6 heteroatoms. The van der Waals surface area contributed by atoms with Crippen molar-refractivity contribution in [2.24, 2.45) is 5.92 Å². The number of rotatable bonds is 3. The molecule has 1 aromatic carbocycles. The van der Waals surface area contributed by atoms with Crippen LogP contribution < -0.4 is 0 Å². The number of carbonyl (C=O) groups is 1. The van der Waals surface area contributed by atoms with Gasteiger partial charge < -0.3 is 4.90 Å². The predicted octanol–water partition coefficient (Wildman–Crippen LogP) is 1.86. The van der Waals surface area contributed by atoms with E-state index in [2.05, 4.69) is 6.07 Å². The van der Waals surface area contributed by atoms with Crippen LogP contribution in [0.1, 0.15) is 30.4 Å². The zero-order chi connectivity index (χ0) is 16.7. The Hall–Kier alpha value is -1.66. The van der Waals surface area contributed by atoms with E-state index >= 15 is 0 Å². The van der Waals surface area contributed by atoms with E-state index in [1.165, 1.54) is 5.56 Å². The Morgan fingerprint density at radius 3 is 2.42 bits per heavy atom. The maximum absolute atomic E-state index is 12.9. The summed E-state index contributed by atoms with van der Waals surface area (Å²) >= 11 is 0. The molecule has 0 aromatic heterocycles. The first-order valence-corrected chi connectivity index (χ1v) is 10.1. The number of benzene rings is 1. The highest BCUT2D eigenvalue weighted by Crippen LogP contribution is 2.32. The molecule has 1 amide bonds. The summed E-state index contributed by atoms with van der Waals surface area (Å²) in [5.41, 5.74) is 2.21. The van der Waals surface area contributed by atoms with Crippen LogP contribution in [-0.2, 0) is 21.2 Å². The van der Waals surface area contributed by atoms with Gasteiger partial charge in [0.15, 0.2) is 0 Å². The molecule has 24 heavy (non-hydrogen) atoms. The van der Waals surface area contributed by atoms with Gasteiger partial charge in [0.1, 0.15) is 0 Å². The largest absolute Gasteiger partial charge is 0.340 e. The van der Waals surface area contributed by atoms with Gasteiger partial charge >= 0.3 is 0 Å². The lowest BCUT2D eigenvalue weighted by atomic mass is 9.98. The summed E-state index contributed by atoms with van der Waals surface area (Å²) in [6.07, 6.45) is 5.12. The number of sulfonamides is 1. The number of piperazine rings is 1. The van der Waals surface area contributed by atoms with Crippen molar-refractivity contribution >= 4 is 22.0 Å². The van der Waals surface area contributed by atoms with Gasteiger partial charge in [0, 0.05) is 32.1 Å². The second kappa shape index (κ2) is 6.01. The van der Waals surface area contributed by atoms with Crippen LogP contribution in [0, 0.1) is 5.92 Å². The van der Waals surface area contributed by atoms with Crippen LogP contribution in [0.25, 0.3) is 6.08 Å². The molecule has 4 rings (SSSR count). The number of hydrogen-bond acceptors (Lipinski definition) is 3. The van der Waals surface area contributed by atoms with Crippen LogP contribution in [-0.4, -0.2) is 49.7 Å². The second-order valence-electron chi connectivity index (χ2n) is 6.81. The van der Waals surface area contributed by atoms with Crippen LogP contribution in [0.15, 0.2) is 29.2 Å². The molecule has 1 saturated carbocycles. The van der Waals surface area contributed by atoms with Crippen LogP contribution in [0.4, 0.5) is 0 Å². The molecule has 1 saturated heterocycles. The summed E-state index contributed by atoms with van der Waals surface area (Å²) in [5, 5.41) is 0. The molecule has 0 atom stereocenters. The zero-order valence-electron chi connectivity index (χ0n) is 13.6. The summed E-state index contributed by atoms with van der Waals surface area (Å²) in [5.74, 6) is 0.406. The Morgan fingerprint density at radius 2 is 1.71 bits per heavy atom. The van der Waals surface area contributed by atoms with E-state index in [-0.39, 0.29) is 11.8 Å². The smallest absolute Gasteiger partial charge is 0.239 e. The van der Waals surface area contributed by atoms with E-state index in [1.807, 2.05) is 29.2 Å². The molecule has 2 fully saturated rings. The second-order valence-corrected chi connectivity index (χ2v) is 8.80. The molecular weight excluding hydrogens is 324 g/mol. The summed E-state index contributed by atoms with van der Waals surface area (Å²) in [7, 11) is -3.43. The number of carbonyl (C=O) groups excluding carboxylic acids is 1. The Kier molecular flexibility index (Phi) is 3.96. The quantitative estimate of drug-likeness (QED) is 0.839. The van der Waals surface area contributed by atoms with Crippen LogP contribution in [0.2, 0.25) is 0 Å². The molecule has 0 spiro atoms. The minimum absolute atomic E-state index is 0.200. The minimum atomic E-state index is -3.43. The summed E-state index contributed by atoms with van der Waals surface area (Å²) < 4.78 is 27.4. The number of aryl methyl sites for hydroxylation is 1. The molecule has 0 radical (unpaired) electrons. The Balaban J connectivity index is 1.48. The van der Waals surface area contributed by atoms with E-state index < -0.39 is 10.0 Å². The van der Waals surface area contributed by atoms with Gasteiger partial charge in [0.05, 0.1) is 4.91 Å². The van der Waals surface area contributed by atoms with Crippen LogP contribution in [0.3, 0.4) is 0 Å². The van der Waals surface area contributed by atoms with Gasteiger partial charge in [-0.25, -0.2) is 8.42 Å². The number of nitrogens with zero attached hydrogens (tertiary/aromatic N) is 2. The average Bonchev–Trinajstić information content (AvgIpc) is 3.46. The molecule has 3 aliphatic rings. The van der Waals surface area contributed by atoms with E-state index in [4.69, 9.17) is 0 Å². The maximum atomic E-state index is 12.9. The SMILES string of the molecule is O=C(C1CC1)N1CCN(S(=O)(=O)C2=Cc3ccccc3CC2)CC1. The average molecular weight is 346 g/mol. The number of fused-ring (bicyclic) bond motifs is 1. The molecule has 1 heterocycles. The highest BCUT2D eigenvalue weighted by atomic mass is 32.2. The lowest BCUT2D eigenvalue weighted by molar-refractivity contribution is -0.133. The molecular formula is C18H22N2O3S. The number of allylic oxidation sites excluding steroid dienone is 1. The first-order chi connectivity index (χ1) is 11.6. The van der Waals surface area contributed by atoms with E-state index in [0.717, 1.165) is 24.8 Å². The van der Waals surface area contributed by atoms with Gasteiger partial charge in [0.2, 0.25) is 15.9 Å². The minimum Gasteiger partial charge on any atom is -0.340 e. The van der Waals surface area contributed by atoms with E-state index in [1.54, 1.807) is 4.31 Å². The Morgan fingerprint density at radius 1 is 1.00 bits per heavy atom. The Labute approximate surface area is 143 Å². The highest BCUT2D eigenvalue weighted by molar-refractivity contribution is 7.93. The first-order valence-electron chi connectivity index (χ1n) is 8.63. The molecule has 0 unspecified atom stereocenters. The van der Waals surface area contributed by atoms with Crippen molar-refractivity contribution in [3.05, 3.63) is 40.3 Å². The van der Waals surface area contributed by atoms with Crippen molar-refractivity contribution < 1.29 is 13.2 Å². The lowest BCUT2D eigenvalue weighted by Gasteiger charge is -2.35. The van der Waals surface area contributed by atoms with Crippen LogP contribution >= 0.6 is 0 Å². The van der Waals surface area contributed by atoms with Crippen molar-refractivity contribution in [1.29, 1.82) is 0 Å². The first kappa shape index (κ1) is 15.8. The molecule has 5 nitrogen and oxygen atoms in total. The van der Waals surface area contributed by atoms with Crippen molar-refractivity contribution in [2.45, 2.75) is 25.7 Å². The van der Waals surface area contributed by atoms with Crippen molar-refractivity contribution in [3.8, 4) is 0 Å². The van der Waals surface area contributed by atoms with Crippen LogP contribution in [0.5, 0.6) is 0 Å². The van der Waals surface area contributed by atoms with Crippen molar-refractivity contribution in [2.75, 3.05) is 26.2 Å². The zero-order valence-corrected chi connectivity index (χ0v) is 14.5. The molecule has 0 bridgehead atoms. The molecule has 128 valence electrons. The topological polar surface area (TPSA) is 57.7 Å². The Bertz CT molecular complexity index is 788. The molecule has 1 aliphatic heterocycles. The fraction of sp³-hybridized carbons (Fsp3) is 0.500. The van der Waals surface area contributed by atoms with E-state index in [9.17, 15) is 13.2 Å². The van der Waals surface area contributed by atoms with Crippen molar-refractivity contribution in [1.82, 2.24) is 9.21 Å². The number of hydrogen-bond donors (Lipinski definition) is 0. The number of amides is 1. The van der Waals surface area contributed by atoms with Gasteiger partial charge in [-0.15, -0.1) is 0 Å². The summed E-state index contributed by atoms with van der Waals surface area (Å²) in [6, 6.07) is 7.95. The molecule has 1 aromatic rings. The monoisotopic (exact) mass is 346 g/mol. The third kappa shape index (κ3) is 2.89. The summed E-state index contributed by atoms with van der Waals surface area (Å²) in [4.78, 5) is 14.4. The highest BCUT2D eigenvalue weighted by Gasteiger charge is 2.37. The third-order valence-corrected chi connectivity index (χ3v) is 7.19. The normalized spacial score (nSPS) is 22.0. The fourth-order valence-electron chi connectivity index (χ4n) is 3.51. The third-order valence-electron chi connectivity index (χ3n) is 5.16. The van der Waals surface area contributed by atoms with Crippen molar-refractivity contribution in [3.63, 3.8) is 0 Å². The van der Waals surface area contributed by atoms with Gasteiger partial charge in [-0.05, 0) is 42.9 Å². The summed E-state index contributed by atoms with van der Waals surface area (Å²) in [6.45, 7) is 1.83. The maximum Gasteiger partial charge on any atom is 0.239 e. The van der Waals surface area contributed by atoms with Gasteiger partial charge in [-0.3, -0.25) is 4.79 Å². The fourth-order valence-corrected chi connectivity index (χ4v) is 5.12. The van der Waals surface area contributed by atoms with Gasteiger partial charge in [-0.2, -0.15) is 4.31 Å². The predicted molar refractivity (Wildman–Crippen MR) is 92.5 cm³/mol. The lowest BCUT2D eigenvalue weighted by Crippen LogP contribution is -2.51. The van der Waals surface area contributed by atoms with Gasteiger partial charge in [0.25, 0.3) is 0 Å².